The van der Waals surface area contributed by atoms with Crippen molar-refractivity contribution in [2.24, 2.45) is 0 Å². The maximum atomic E-state index is 6.60. The highest BCUT2D eigenvalue weighted by Crippen LogP contribution is 2.39. The zero-order valence-corrected chi connectivity index (χ0v) is 18.9. The molecule has 0 spiro atoms. The van der Waals surface area contributed by atoms with Gasteiger partial charge in [-0.2, -0.15) is 0 Å². The molecule has 0 saturated carbocycles. The molecule has 0 amide bonds. The van der Waals surface area contributed by atoms with Gasteiger partial charge in [0, 0.05) is 0 Å². The molecule has 0 aromatic rings. The fourth-order valence-electron chi connectivity index (χ4n) is 1.92. The van der Waals surface area contributed by atoms with Gasteiger partial charge in [-0.3, -0.25) is 0 Å². The number of rotatable bonds is 5. The Balaban J connectivity index is 2.76. The summed E-state index contributed by atoms with van der Waals surface area (Å²) in [6.45, 7) is 23.4. The number of ether oxygens (including phenoxy) is 1. The van der Waals surface area contributed by atoms with Crippen LogP contribution in [0.4, 0.5) is 0 Å². The van der Waals surface area contributed by atoms with Crippen molar-refractivity contribution in [3.05, 3.63) is 12.3 Å². The molecule has 0 saturated heterocycles. The molecule has 0 N–H and O–H groups in total. The molecule has 1 aliphatic heterocycles. The summed E-state index contributed by atoms with van der Waals surface area (Å²) in [7, 11) is -3.57. The van der Waals surface area contributed by atoms with Gasteiger partial charge in [-0.1, -0.05) is 41.5 Å². The van der Waals surface area contributed by atoms with Gasteiger partial charge < -0.3 is 13.6 Å². The maximum Gasteiger partial charge on any atom is 0.192 e. The van der Waals surface area contributed by atoms with Gasteiger partial charge >= 0.3 is 0 Å². The van der Waals surface area contributed by atoms with Crippen LogP contribution in [0.25, 0.3) is 0 Å². The van der Waals surface area contributed by atoms with Gasteiger partial charge in [-0.15, -0.1) is 0 Å². The van der Waals surface area contributed by atoms with Gasteiger partial charge in [0.25, 0.3) is 0 Å². The Morgan fingerprint density at radius 2 is 1.48 bits per heavy atom. The summed E-state index contributed by atoms with van der Waals surface area (Å²) in [5.41, 5.74) is 0. The Morgan fingerprint density at radius 3 is 1.96 bits per heavy atom. The van der Waals surface area contributed by atoms with Crippen molar-refractivity contribution in [1.29, 1.82) is 0 Å². The molecule has 1 heterocycles. The van der Waals surface area contributed by atoms with E-state index in [9.17, 15) is 0 Å². The second-order valence-corrected chi connectivity index (χ2v) is 19.3. The minimum absolute atomic E-state index is 0.00301. The van der Waals surface area contributed by atoms with Crippen LogP contribution in [0.2, 0.25) is 36.3 Å². The third-order valence-electron chi connectivity index (χ3n) is 5.80. The van der Waals surface area contributed by atoms with Gasteiger partial charge in [0.15, 0.2) is 16.6 Å². The molecule has 2 atom stereocenters. The molecule has 0 aliphatic carbocycles. The van der Waals surface area contributed by atoms with Crippen LogP contribution in [-0.2, 0) is 13.6 Å². The molecule has 23 heavy (non-hydrogen) atoms. The van der Waals surface area contributed by atoms with Crippen LogP contribution in [0.1, 0.15) is 48.0 Å². The first-order valence-corrected chi connectivity index (χ1v) is 14.6. The Hall–Kier alpha value is -0.106. The quantitative estimate of drug-likeness (QED) is 0.590. The highest BCUT2D eigenvalue weighted by molar-refractivity contribution is 6.74. The van der Waals surface area contributed by atoms with Gasteiger partial charge in [0.2, 0.25) is 0 Å². The SMILES string of the molecule is CC(C)(C)[Si](C)(C)OC[C@H]1OC=CC[C@@H]1O[Si](C)(C)C(C)(C)C. The largest absolute Gasteiger partial charge is 0.493 e. The summed E-state index contributed by atoms with van der Waals surface area (Å²) in [6.07, 6.45) is 4.90. The third kappa shape index (κ3) is 5.44. The van der Waals surface area contributed by atoms with Gasteiger partial charge in [0.1, 0.15) is 6.10 Å². The average molecular weight is 359 g/mol. The first kappa shape index (κ1) is 20.9. The van der Waals surface area contributed by atoms with Crippen LogP contribution >= 0.6 is 0 Å². The highest BCUT2D eigenvalue weighted by atomic mass is 28.4. The molecule has 136 valence electrons. The van der Waals surface area contributed by atoms with E-state index in [1.54, 1.807) is 0 Å². The highest BCUT2D eigenvalue weighted by Gasteiger charge is 2.43. The van der Waals surface area contributed by atoms with Crippen LogP contribution < -0.4 is 0 Å². The van der Waals surface area contributed by atoms with E-state index >= 15 is 0 Å². The Labute approximate surface area is 146 Å². The van der Waals surface area contributed by atoms with E-state index in [1.807, 2.05) is 6.26 Å². The molecule has 0 aromatic heterocycles. The fraction of sp³-hybridized carbons (Fsp3) is 0.889. The molecule has 0 fully saturated rings. The second kappa shape index (κ2) is 7.02. The zero-order valence-electron chi connectivity index (χ0n) is 16.9. The molecule has 1 aliphatic rings. The van der Waals surface area contributed by atoms with Crippen molar-refractivity contribution in [3.63, 3.8) is 0 Å². The molecule has 1 rings (SSSR count). The molecule has 0 radical (unpaired) electrons. The van der Waals surface area contributed by atoms with E-state index in [-0.39, 0.29) is 22.3 Å². The topological polar surface area (TPSA) is 27.7 Å². The summed E-state index contributed by atoms with van der Waals surface area (Å²) in [4.78, 5) is 0. The first-order chi connectivity index (χ1) is 10.2. The Morgan fingerprint density at radius 1 is 0.957 bits per heavy atom. The normalized spacial score (nSPS) is 23.7. The fourth-order valence-corrected chi connectivity index (χ4v) is 4.29. The van der Waals surface area contributed by atoms with Crippen molar-refractivity contribution >= 4 is 16.6 Å². The van der Waals surface area contributed by atoms with E-state index in [4.69, 9.17) is 13.6 Å². The van der Waals surface area contributed by atoms with Gasteiger partial charge in [-0.05, 0) is 48.8 Å². The van der Waals surface area contributed by atoms with E-state index < -0.39 is 16.6 Å². The van der Waals surface area contributed by atoms with Gasteiger partial charge in [0.05, 0.1) is 19.0 Å². The van der Waals surface area contributed by atoms with E-state index in [1.165, 1.54) is 0 Å². The van der Waals surface area contributed by atoms with Crippen molar-refractivity contribution in [1.82, 2.24) is 0 Å². The summed E-state index contributed by atoms with van der Waals surface area (Å²) < 4.78 is 18.9. The lowest BCUT2D eigenvalue weighted by molar-refractivity contribution is -0.0220. The van der Waals surface area contributed by atoms with Crippen molar-refractivity contribution in [2.75, 3.05) is 6.61 Å². The predicted molar refractivity (Wildman–Crippen MR) is 104 cm³/mol. The molecule has 0 aromatic carbocycles. The second-order valence-electron chi connectivity index (χ2n) is 9.77. The minimum atomic E-state index is -1.80. The summed E-state index contributed by atoms with van der Waals surface area (Å²) in [6, 6.07) is 0. The van der Waals surface area contributed by atoms with Crippen LogP contribution in [0.15, 0.2) is 12.3 Å². The van der Waals surface area contributed by atoms with Crippen LogP contribution in [-0.4, -0.2) is 35.4 Å². The average Bonchev–Trinajstić information content (AvgIpc) is 2.34. The van der Waals surface area contributed by atoms with Gasteiger partial charge in [-0.25, -0.2) is 0 Å². The molecule has 0 unspecified atom stereocenters. The first-order valence-electron chi connectivity index (χ1n) is 8.80. The Bertz CT molecular complexity index is 417. The number of hydrogen-bond acceptors (Lipinski definition) is 3. The van der Waals surface area contributed by atoms with Crippen LogP contribution in [0.5, 0.6) is 0 Å². The lowest BCUT2D eigenvalue weighted by atomic mass is 10.1. The van der Waals surface area contributed by atoms with Crippen LogP contribution in [0.3, 0.4) is 0 Å². The lowest BCUT2D eigenvalue weighted by Gasteiger charge is -2.43. The molecular weight excluding hydrogens is 320 g/mol. The van der Waals surface area contributed by atoms with Crippen molar-refractivity contribution < 1.29 is 13.6 Å². The smallest absolute Gasteiger partial charge is 0.192 e. The summed E-state index contributed by atoms with van der Waals surface area (Å²) >= 11 is 0. The standard InChI is InChI=1S/C18H38O3Si2/c1-17(2,3)22(7,8)20-14-16-15(12-11-13-19-16)21-23(9,10)18(4,5)6/h11,13,15-16H,12,14H2,1-10H3/t15-,16+/m0/s1. The number of hydrogen-bond donors (Lipinski definition) is 0. The molecule has 5 heteroatoms. The van der Waals surface area contributed by atoms with Crippen molar-refractivity contribution in [3.8, 4) is 0 Å². The van der Waals surface area contributed by atoms with E-state index in [0.717, 1.165) is 6.42 Å². The van der Waals surface area contributed by atoms with Crippen molar-refractivity contribution in [2.45, 2.75) is 96.4 Å². The zero-order chi connectivity index (χ0) is 18.1. The minimum Gasteiger partial charge on any atom is -0.493 e. The Kier molecular flexibility index (Phi) is 6.39. The molecule has 3 nitrogen and oxygen atoms in total. The maximum absolute atomic E-state index is 6.60. The lowest BCUT2D eigenvalue weighted by Crippen LogP contribution is -2.50. The van der Waals surface area contributed by atoms with E-state index in [0.29, 0.717) is 6.61 Å². The predicted octanol–water partition coefficient (Wildman–Crippen LogP) is 5.70. The molecule has 0 bridgehead atoms. The van der Waals surface area contributed by atoms with Crippen LogP contribution in [0, 0.1) is 0 Å². The third-order valence-corrected chi connectivity index (χ3v) is 14.8. The van der Waals surface area contributed by atoms with E-state index in [2.05, 4.69) is 73.8 Å². The summed E-state index contributed by atoms with van der Waals surface area (Å²) in [5, 5.41) is 0.423. The molecular formula is C18H38O3Si2. The summed E-state index contributed by atoms with van der Waals surface area (Å²) in [5.74, 6) is 0. The monoisotopic (exact) mass is 358 g/mol.